The van der Waals surface area contributed by atoms with Gasteiger partial charge in [-0.25, -0.2) is 13.4 Å². The van der Waals surface area contributed by atoms with E-state index in [1.54, 1.807) is 43.5 Å². The molecule has 5 rings (SSSR count). The molecule has 1 unspecified atom stereocenters. The maximum absolute atomic E-state index is 13.3. The molecule has 236 valence electrons. The van der Waals surface area contributed by atoms with Gasteiger partial charge in [-0.2, -0.15) is 0 Å². The molecule has 2 fully saturated rings. The van der Waals surface area contributed by atoms with Gasteiger partial charge in [-0.15, -0.1) is 0 Å². The number of nitrogens with zero attached hydrogens (tertiary/aromatic N) is 4. The molecule has 2 N–H and O–H groups in total. The van der Waals surface area contributed by atoms with E-state index in [0.29, 0.717) is 23.0 Å². The van der Waals surface area contributed by atoms with Crippen molar-refractivity contribution in [2.75, 3.05) is 77.1 Å². The Morgan fingerprint density at radius 1 is 0.955 bits per heavy atom. The second-order valence-electron chi connectivity index (χ2n) is 12.0. The quantitative estimate of drug-likeness (QED) is 0.372. The van der Waals surface area contributed by atoms with Crippen molar-refractivity contribution < 1.29 is 17.9 Å². The van der Waals surface area contributed by atoms with Crippen molar-refractivity contribution in [1.29, 1.82) is 0 Å². The van der Waals surface area contributed by atoms with Gasteiger partial charge in [0, 0.05) is 50.9 Å². The van der Waals surface area contributed by atoms with Crippen molar-refractivity contribution in [3.8, 4) is 16.9 Å². The minimum atomic E-state index is -3.82. The number of hydrogen-bond donors (Lipinski definition) is 2. The highest BCUT2D eigenvalue weighted by molar-refractivity contribution is 7.92. The number of hydrogen-bond acceptors (Lipinski definition) is 8. The number of likely N-dealkylation sites (N-methyl/N-ethyl adjacent to an activating group) is 2. The molecule has 0 saturated carbocycles. The molecule has 2 heterocycles. The predicted octanol–water partition coefficient (Wildman–Crippen LogP) is 3.89. The minimum absolute atomic E-state index is 0.124. The summed E-state index contributed by atoms with van der Waals surface area (Å²) in [4.78, 5) is 19.9. The molecular weight excluding hydrogens is 576 g/mol. The zero-order chi connectivity index (χ0) is 31.4. The summed E-state index contributed by atoms with van der Waals surface area (Å²) in [5.41, 5.74) is 7.76. The number of amides is 1. The van der Waals surface area contributed by atoms with Crippen LogP contribution in [0.2, 0.25) is 0 Å². The number of carbonyl (C=O) groups is 1. The maximum Gasteiger partial charge on any atom is 0.265 e. The minimum Gasteiger partial charge on any atom is -0.495 e. The lowest BCUT2D eigenvalue weighted by molar-refractivity contribution is 0.0616. The number of sulfonamides is 1. The number of piperidine rings is 1. The monoisotopic (exact) mass is 620 g/mol. The third kappa shape index (κ3) is 7.35. The molecule has 3 aromatic carbocycles. The van der Waals surface area contributed by atoms with E-state index in [4.69, 9.17) is 4.74 Å². The second kappa shape index (κ2) is 13.6. The molecular formula is C33H44N6O4S. The molecule has 2 aliphatic heterocycles. The first kappa shape index (κ1) is 31.8. The maximum atomic E-state index is 13.3. The summed E-state index contributed by atoms with van der Waals surface area (Å²) in [6.07, 6.45) is 2.17. The van der Waals surface area contributed by atoms with Crippen LogP contribution in [0, 0.1) is 6.92 Å². The fourth-order valence-electron chi connectivity index (χ4n) is 5.89. The first-order valence-corrected chi connectivity index (χ1v) is 16.6. The first-order valence-electron chi connectivity index (χ1n) is 15.1. The molecule has 11 heteroatoms. The number of piperazine rings is 1. The number of hydrazine groups is 1. The molecule has 1 amide bonds. The standard InChI is InChI=1S/C33H44N6O4S/c1-24-21-26(33(40)34-39-16-6-7-28(23-39)36(2)3)10-14-30(24)25-8-12-29(13-9-25)44(41,42)35-27-11-15-32(43-5)31(22-27)38-19-17-37(4)18-20-38/h8-15,21-22,28,35H,6-7,16-20,23H2,1-5H3,(H,34,40). The van der Waals surface area contributed by atoms with Crippen molar-refractivity contribution in [3.63, 3.8) is 0 Å². The Kier molecular flexibility index (Phi) is 9.79. The Morgan fingerprint density at radius 3 is 2.34 bits per heavy atom. The summed E-state index contributed by atoms with van der Waals surface area (Å²) < 4.78 is 35.0. The van der Waals surface area contributed by atoms with E-state index >= 15 is 0 Å². The van der Waals surface area contributed by atoms with Gasteiger partial charge in [-0.3, -0.25) is 14.9 Å². The van der Waals surface area contributed by atoms with Crippen molar-refractivity contribution >= 4 is 27.3 Å². The molecule has 0 spiro atoms. The topological polar surface area (TPSA) is 97.5 Å². The van der Waals surface area contributed by atoms with Crippen molar-refractivity contribution in [1.82, 2.24) is 20.2 Å². The van der Waals surface area contributed by atoms with Crippen LogP contribution in [-0.4, -0.2) is 103 Å². The molecule has 0 bridgehead atoms. The summed E-state index contributed by atoms with van der Waals surface area (Å²) in [6.45, 7) is 7.14. The number of rotatable bonds is 9. The van der Waals surface area contributed by atoms with Gasteiger partial charge in [0.1, 0.15) is 5.75 Å². The van der Waals surface area contributed by atoms with Gasteiger partial charge in [0.15, 0.2) is 0 Å². The van der Waals surface area contributed by atoms with Gasteiger partial charge in [0.05, 0.1) is 23.4 Å². The Hall–Kier alpha value is -3.64. The number of methoxy groups -OCH3 is 1. The number of ether oxygens (including phenoxy) is 1. The van der Waals surface area contributed by atoms with E-state index in [1.165, 1.54) is 0 Å². The lowest BCUT2D eigenvalue weighted by Gasteiger charge is -2.36. The molecule has 0 aliphatic carbocycles. The summed E-state index contributed by atoms with van der Waals surface area (Å²) in [6, 6.07) is 18.2. The third-order valence-corrected chi connectivity index (χ3v) is 10.0. The Morgan fingerprint density at radius 2 is 1.68 bits per heavy atom. The van der Waals surface area contributed by atoms with Gasteiger partial charge in [0.25, 0.3) is 15.9 Å². The van der Waals surface area contributed by atoms with Gasteiger partial charge in [0.2, 0.25) is 0 Å². The molecule has 2 aliphatic rings. The summed E-state index contributed by atoms with van der Waals surface area (Å²) in [5.74, 6) is 0.589. The normalized spacial score (nSPS) is 18.3. The number of aryl methyl sites for hydroxylation is 1. The van der Waals surface area contributed by atoms with Crippen LogP contribution in [0.5, 0.6) is 5.75 Å². The van der Waals surface area contributed by atoms with Gasteiger partial charge in [-0.1, -0.05) is 18.2 Å². The largest absolute Gasteiger partial charge is 0.495 e. The van der Waals surface area contributed by atoms with Crippen LogP contribution >= 0.6 is 0 Å². The molecule has 1 atom stereocenters. The van der Waals surface area contributed by atoms with Gasteiger partial charge in [-0.05, 0) is 100 Å². The number of carbonyl (C=O) groups excluding carboxylic acids is 1. The highest BCUT2D eigenvalue weighted by atomic mass is 32.2. The highest BCUT2D eigenvalue weighted by Crippen LogP contribution is 2.33. The average molecular weight is 621 g/mol. The Bertz CT molecular complexity index is 1570. The second-order valence-corrected chi connectivity index (χ2v) is 13.7. The van der Waals surface area contributed by atoms with Crippen molar-refractivity contribution in [2.45, 2.75) is 30.7 Å². The predicted molar refractivity (Wildman–Crippen MR) is 176 cm³/mol. The number of benzene rings is 3. The van der Waals surface area contributed by atoms with Crippen LogP contribution in [0.25, 0.3) is 11.1 Å². The Labute approximate surface area is 261 Å². The van der Waals surface area contributed by atoms with Crippen LogP contribution in [0.3, 0.4) is 0 Å². The van der Waals surface area contributed by atoms with Crippen LogP contribution in [0.15, 0.2) is 65.6 Å². The van der Waals surface area contributed by atoms with Gasteiger partial charge < -0.3 is 19.4 Å². The van der Waals surface area contributed by atoms with Crippen LogP contribution in [-0.2, 0) is 10.0 Å². The molecule has 3 aromatic rings. The van der Waals surface area contributed by atoms with Gasteiger partial charge >= 0.3 is 0 Å². The molecule has 44 heavy (non-hydrogen) atoms. The van der Waals surface area contributed by atoms with Crippen molar-refractivity contribution in [2.24, 2.45) is 0 Å². The van der Waals surface area contributed by atoms with E-state index in [9.17, 15) is 13.2 Å². The smallest absolute Gasteiger partial charge is 0.265 e. The van der Waals surface area contributed by atoms with E-state index < -0.39 is 10.0 Å². The van der Waals surface area contributed by atoms with E-state index in [-0.39, 0.29) is 10.8 Å². The lowest BCUT2D eigenvalue weighted by atomic mass is 9.98. The van der Waals surface area contributed by atoms with Crippen LogP contribution in [0.4, 0.5) is 11.4 Å². The zero-order valence-electron chi connectivity index (χ0n) is 26.3. The van der Waals surface area contributed by atoms with Crippen LogP contribution < -0.4 is 19.8 Å². The molecule has 0 radical (unpaired) electrons. The number of nitrogens with one attached hydrogen (secondary N) is 2. The first-order chi connectivity index (χ1) is 21.0. The van der Waals surface area contributed by atoms with E-state index in [2.05, 4.69) is 46.0 Å². The number of anilines is 2. The summed E-state index contributed by atoms with van der Waals surface area (Å²) in [5, 5.41) is 2.01. The Balaban J connectivity index is 1.26. The fourth-order valence-corrected chi connectivity index (χ4v) is 6.94. The highest BCUT2D eigenvalue weighted by Gasteiger charge is 2.24. The van der Waals surface area contributed by atoms with Crippen LogP contribution in [0.1, 0.15) is 28.8 Å². The fraction of sp³-hybridized carbons (Fsp3) is 0.424. The van der Waals surface area contributed by atoms with Crippen molar-refractivity contribution in [3.05, 3.63) is 71.8 Å². The lowest BCUT2D eigenvalue weighted by Crippen LogP contribution is -2.52. The SMILES string of the molecule is COc1ccc(NS(=O)(=O)c2ccc(-c3ccc(C(=O)NN4CCCC(N(C)C)C4)cc3C)cc2)cc1N1CCN(C)CC1. The zero-order valence-corrected chi connectivity index (χ0v) is 27.2. The molecule has 2 saturated heterocycles. The summed E-state index contributed by atoms with van der Waals surface area (Å²) >= 11 is 0. The molecule has 10 nitrogen and oxygen atoms in total. The third-order valence-electron chi connectivity index (χ3n) is 8.63. The van der Waals surface area contributed by atoms with E-state index in [0.717, 1.165) is 74.5 Å². The molecule has 0 aromatic heterocycles. The average Bonchev–Trinajstić information content (AvgIpc) is 3.01. The van der Waals surface area contributed by atoms with E-state index in [1.807, 2.05) is 36.2 Å². The summed E-state index contributed by atoms with van der Waals surface area (Å²) in [7, 11) is 4.04.